The Labute approximate surface area is 199 Å². The third-order valence-corrected chi connectivity index (χ3v) is 6.01. The summed E-state index contributed by atoms with van der Waals surface area (Å²) in [5.74, 6) is 0.874. The van der Waals surface area contributed by atoms with Crippen LogP contribution in [0.25, 0.3) is 17.5 Å². The molecule has 180 valence electrons. The van der Waals surface area contributed by atoms with Crippen molar-refractivity contribution in [1.82, 2.24) is 9.97 Å². The largest absolute Gasteiger partial charge is 0.491 e. The molecule has 0 radical (unpaired) electrons. The molecular formula is C28H41N3O2. The number of nitrogens with zero attached hydrogens (tertiary/aromatic N) is 1. The highest BCUT2D eigenvalue weighted by Gasteiger charge is 2.12. The average Bonchev–Trinajstić information content (AvgIpc) is 3.58. The molecule has 3 rings (SSSR count). The van der Waals surface area contributed by atoms with E-state index >= 15 is 0 Å². The number of rotatable bonds is 17. The van der Waals surface area contributed by atoms with Gasteiger partial charge in [0.1, 0.15) is 5.75 Å². The maximum absolute atomic E-state index is 8.80. The summed E-state index contributed by atoms with van der Waals surface area (Å²) in [6.07, 6.45) is 22.8. The second-order valence-corrected chi connectivity index (χ2v) is 8.91. The van der Waals surface area contributed by atoms with E-state index in [9.17, 15) is 0 Å². The molecule has 3 heterocycles. The van der Waals surface area contributed by atoms with Gasteiger partial charge in [-0.3, -0.25) is 4.99 Å². The molecule has 0 saturated carbocycles. The van der Waals surface area contributed by atoms with Crippen LogP contribution < -0.4 is 4.74 Å². The van der Waals surface area contributed by atoms with Gasteiger partial charge in [-0.2, -0.15) is 0 Å². The van der Waals surface area contributed by atoms with Gasteiger partial charge < -0.3 is 19.8 Å². The standard InChI is InChI=1S/C28H41N3O2/c1-2-20-33-28-22-26(25-15-13-18-29-25)31-27(28)21-24-17-16-23(30-24)14-11-9-7-5-3-4-6-8-10-12-19-32/h13,15-18,21-22,29,31-32H,2-12,14,19-20H2,1H3. The van der Waals surface area contributed by atoms with Crippen LogP contribution in [-0.4, -0.2) is 34.0 Å². The Hall–Kier alpha value is -2.53. The van der Waals surface area contributed by atoms with Gasteiger partial charge in [-0.05, 0) is 56.0 Å². The van der Waals surface area contributed by atoms with Crippen LogP contribution >= 0.6 is 0 Å². The van der Waals surface area contributed by atoms with Crippen LogP contribution in [0.2, 0.25) is 0 Å². The zero-order chi connectivity index (χ0) is 23.1. The second-order valence-electron chi connectivity index (χ2n) is 8.91. The Bertz CT molecular complexity index is 890. The van der Waals surface area contributed by atoms with E-state index in [2.05, 4.69) is 47.3 Å². The van der Waals surface area contributed by atoms with Crippen molar-refractivity contribution in [2.75, 3.05) is 13.2 Å². The Morgan fingerprint density at radius 1 is 0.939 bits per heavy atom. The summed E-state index contributed by atoms with van der Waals surface area (Å²) in [4.78, 5) is 11.6. The van der Waals surface area contributed by atoms with Gasteiger partial charge in [0.2, 0.25) is 0 Å². The number of aliphatic imine (C=N–C) groups is 1. The Morgan fingerprint density at radius 2 is 1.67 bits per heavy atom. The van der Waals surface area contributed by atoms with Gasteiger partial charge in [-0.15, -0.1) is 0 Å². The highest BCUT2D eigenvalue weighted by molar-refractivity contribution is 5.99. The number of aromatic amines is 2. The van der Waals surface area contributed by atoms with Crippen molar-refractivity contribution in [2.45, 2.75) is 84.0 Å². The normalized spacial score (nSPS) is 14.4. The maximum Gasteiger partial charge on any atom is 0.144 e. The van der Waals surface area contributed by atoms with Crippen molar-refractivity contribution < 1.29 is 9.84 Å². The van der Waals surface area contributed by atoms with Crippen LogP contribution in [0, 0.1) is 0 Å². The first-order valence-electron chi connectivity index (χ1n) is 12.9. The molecule has 0 unspecified atom stereocenters. The van der Waals surface area contributed by atoms with Crippen molar-refractivity contribution in [3.05, 3.63) is 47.9 Å². The number of allylic oxidation sites excluding steroid dienone is 2. The number of aliphatic hydroxyl groups is 1. The van der Waals surface area contributed by atoms with E-state index in [0.717, 1.165) is 47.8 Å². The van der Waals surface area contributed by atoms with E-state index in [-0.39, 0.29) is 0 Å². The summed E-state index contributed by atoms with van der Waals surface area (Å²) in [5.41, 5.74) is 5.20. The van der Waals surface area contributed by atoms with Crippen molar-refractivity contribution in [2.24, 2.45) is 4.99 Å². The molecule has 0 saturated heterocycles. The van der Waals surface area contributed by atoms with E-state index in [1.807, 2.05) is 12.3 Å². The van der Waals surface area contributed by atoms with Crippen LogP contribution in [0.15, 0.2) is 47.2 Å². The summed E-state index contributed by atoms with van der Waals surface area (Å²) in [5, 5.41) is 8.80. The number of ether oxygens (including phenoxy) is 1. The number of hydrogen-bond acceptors (Lipinski definition) is 3. The molecule has 0 amide bonds. The zero-order valence-electron chi connectivity index (χ0n) is 20.2. The molecule has 2 aromatic heterocycles. The van der Waals surface area contributed by atoms with Gasteiger partial charge in [0.25, 0.3) is 0 Å². The van der Waals surface area contributed by atoms with Crippen LogP contribution in [0.5, 0.6) is 5.75 Å². The molecule has 5 nitrogen and oxygen atoms in total. The van der Waals surface area contributed by atoms with Crippen LogP contribution in [-0.2, 0) is 0 Å². The Kier molecular flexibility index (Phi) is 11.1. The number of H-pyrrole nitrogens is 2. The lowest BCUT2D eigenvalue weighted by molar-refractivity contribution is 0.282. The van der Waals surface area contributed by atoms with Crippen molar-refractivity contribution >= 4 is 11.8 Å². The number of aliphatic hydroxyl groups excluding tert-OH is 1. The lowest BCUT2D eigenvalue weighted by atomic mass is 10.0. The summed E-state index contributed by atoms with van der Waals surface area (Å²) in [6.45, 7) is 3.16. The molecule has 1 aliphatic heterocycles. The van der Waals surface area contributed by atoms with Crippen LogP contribution in [0.4, 0.5) is 0 Å². The lowest BCUT2D eigenvalue weighted by Gasteiger charge is -2.03. The van der Waals surface area contributed by atoms with Gasteiger partial charge in [0, 0.05) is 24.6 Å². The number of unbranched alkanes of at least 4 members (excludes halogenated alkanes) is 9. The Morgan fingerprint density at radius 3 is 2.33 bits per heavy atom. The highest BCUT2D eigenvalue weighted by atomic mass is 16.5. The molecule has 0 bridgehead atoms. The predicted octanol–water partition coefficient (Wildman–Crippen LogP) is 7.43. The topological polar surface area (TPSA) is 73.4 Å². The smallest absolute Gasteiger partial charge is 0.144 e. The first kappa shape index (κ1) is 25.1. The number of aromatic nitrogens is 2. The minimum absolute atomic E-state index is 0.340. The van der Waals surface area contributed by atoms with Gasteiger partial charge in [0.05, 0.1) is 29.4 Å². The molecule has 5 heteroatoms. The van der Waals surface area contributed by atoms with Crippen LogP contribution in [0.1, 0.15) is 89.7 Å². The van der Waals surface area contributed by atoms with Gasteiger partial charge in [0.15, 0.2) is 0 Å². The first-order chi connectivity index (χ1) is 16.3. The van der Waals surface area contributed by atoms with E-state index in [1.54, 1.807) is 0 Å². The van der Waals surface area contributed by atoms with Gasteiger partial charge in [-0.25, -0.2) is 0 Å². The van der Waals surface area contributed by atoms with E-state index < -0.39 is 0 Å². The summed E-state index contributed by atoms with van der Waals surface area (Å²) in [6, 6.07) is 6.11. The molecule has 0 aliphatic carbocycles. The van der Waals surface area contributed by atoms with Crippen molar-refractivity contribution in [3.63, 3.8) is 0 Å². The van der Waals surface area contributed by atoms with E-state index in [4.69, 9.17) is 14.8 Å². The maximum atomic E-state index is 8.80. The summed E-state index contributed by atoms with van der Waals surface area (Å²) in [7, 11) is 0. The molecule has 1 aliphatic rings. The Balaban J connectivity index is 1.41. The summed E-state index contributed by atoms with van der Waals surface area (Å²) >= 11 is 0. The summed E-state index contributed by atoms with van der Waals surface area (Å²) < 4.78 is 5.97. The minimum atomic E-state index is 0.340. The molecule has 33 heavy (non-hydrogen) atoms. The van der Waals surface area contributed by atoms with Crippen LogP contribution in [0.3, 0.4) is 0 Å². The van der Waals surface area contributed by atoms with Crippen molar-refractivity contribution in [3.8, 4) is 17.1 Å². The molecule has 0 aromatic carbocycles. The third kappa shape index (κ3) is 8.73. The SMILES string of the molecule is CCCOc1cc(-c2ccc[nH]2)[nH]c1C=C1C=CC(CCCCCCCCCCCCO)=N1. The monoisotopic (exact) mass is 451 g/mol. The fraction of sp³-hybridized carbons (Fsp3) is 0.536. The van der Waals surface area contributed by atoms with Gasteiger partial charge >= 0.3 is 0 Å². The van der Waals surface area contributed by atoms with Gasteiger partial charge in [-0.1, -0.05) is 58.3 Å². The zero-order valence-corrected chi connectivity index (χ0v) is 20.2. The van der Waals surface area contributed by atoms with E-state index in [1.165, 1.54) is 63.5 Å². The molecule has 2 aromatic rings. The fourth-order valence-electron chi connectivity index (χ4n) is 4.15. The average molecular weight is 452 g/mol. The number of nitrogens with one attached hydrogen (secondary N) is 2. The number of hydrogen-bond donors (Lipinski definition) is 3. The molecular weight excluding hydrogens is 410 g/mol. The fourth-order valence-corrected chi connectivity index (χ4v) is 4.15. The predicted molar refractivity (Wildman–Crippen MR) is 139 cm³/mol. The van der Waals surface area contributed by atoms with Crippen molar-refractivity contribution in [1.29, 1.82) is 0 Å². The first-order valence-corrected chi connectivity index (χ1v) is 12.9. The second kappa shape index (κ2) is 14.6. The molecule has 3 N–H and O–H groups in total. The quantitative estimate of drug-likeness (QED) is 0.219. The highest BCUT2D eigenvalue weighted by Crippen LogP contribution is 2.29. The lowest BCUT2D eigenvalue weighted by Crippen LogP contribution is -1.95. The third-order valence-electron chi connectivity index (χ3n) is 6.01. The molecule has 0 spiro atoms. The van der Waals surface area contributed by atoms with E-state index in [0.29, 0.717) is 13.2 Å². The molecule has 0 atom stereocenters. The minimum Gasteiger partial charge on any atom is -0.491 e. The molecule has 0 fully saturated rings.